The lowest BCUT2D eigenvalue weighted by atomic mass is 10.1. The summed E-state index contributed by atoms with van der Waals surface area (Å²) in [7, 11) is 1.86. The van der Waals surface area contributed by atoms with E-state index in [1.807, 2.05) is 53.5 Å². The third kappa shape index (κ3) is 3.90. The quantitative estimate of drug-likeness (QED) is 0.545. The van der Waals surface area contributed by atoms with E-state index in [2.05, 4.69) is 29.4 Å². The Morgan fingerprint density at radius 1 is 1.35 bits per heavy atom. The molecule has 1 N–H and O–H groups in total. The second-order valence-corrected chi connectivity index (χ2v) is 6.61. The Hall–Kier alpha value is -3.17. The minimum Gasteiger partial charge on any atom is -0.351 e. The van der Waals surface area contributed by atoms with Gasteiger partial charge in [-0.2, -0.15) is 5.26 Å². The van der Waals surface area contributed by atoms with E-state index in [4.69, 9.17) is 0 Å². The Bertz CT molecular complexity index is 989. The Morgan fingerprint density at radius 2 is 2.12 bits per heavy atom. The van der Waals surface area contributed by atoms with E-state index in [0.29, 0.717) is 5.13 Å². The van der Waals surface area contributed by atoms with Crippen LogP contribution in [0, 0.1) is 11.3 Å². The summed E-state index contributed by atoms with van der Waals surface area (Å²) in [5.74, 6) is -0.462. The maximum absolute atomic E-state index is 12.4. The summed E-state index contributed by atoms with van der Waals surface area (Å²) in [6.07, 6.45) is 4.41. The molecule has 5 nitrogen and oxygen atoms in total. The van der Waals surface area contributed by atoms with Crippen LogP contribution in [0.15, 0.2) is 53.5 Å². The maximum Gasteiger partial charge on any atom is 0.268 e. The molecule has 1 amide bonds. The summed E-state index contributed by atoms with van der Waals surface area (Å²) in [6, 6.07) is 13.8. The number of rotatable bonds is 5. The highest BCUT2D eigenvalue weighted by molar-refractivity contribution is 7.14. The highest BCUT2D eigenvalue weighted by Gasteiger charge is 2.13. The van der Waals surface area contributed by atoms with Gasteiger partial charge < -0.3 is 4.57 Å². The van der Waals surface area contributed by atoms with Crippen LogP contribution in [0.5, 0.6) is 0 Å². The first-order valence-corrected chi connectivity index (χ1v) is 9.08. The number of benzene rings is 1. The first-order valence-electron chi connectivity index (χ1n) is 8.20. The Kier molecular flexibility index (Phi) is 5.30. The number of aryl methyl sites for hydroxylation is 2. The summed E-state index contributed by atoms with van der Waals surface area (Å²) >= 11 is 1.34. The van der Waals surface area contributed by atoms with Crippen molar-refractivity contribution >= 4 is 28.5 Å². The molecule has 3 aromatic rings. The Balaban J connectivity index is 1.75. The predicted molar refractivity (Wildman–Crippen MR) is 105 cm³/mol. The van der Waals surface area contributed by atoms with Crippen molar-refractivity contribution in [2.45, 2.75) is 13.3 Å². The lowest BCUT2D eigenvalue weighted by Gasteiger charge is -2.02. The average Bonchev–Trinajstić information content (AvgIpc) is 3.28. The summed E-state index contributed by atoms with van der Waals surface area (Å²) in [5, 5.41) is 14.4. The molecule has 0 aliphatic rings. The summed E-state index contributed by atoms with van der Waals surface area (Å²) in [5.41, 5.74) is 3.89. The van der Waals surface area contributed by atoms with Crippen LogP contribution in [0.4, 0.5) is 5.13 Å². The Labute approximate surface area is 156 Å². The standard InChI is InChI=1S/C20H18N4OS/c1-3-14-6-8-15(9-7-14)18-13-26-20(22-18)23-19(25)16(12-21)11-17-5-4-10-24(17)2/h4-11,13H,3H2,1-2H3,(H,22,23,25)/b16-11+. The minimum absolute atomic E-state index is 0.0378. The molecular weight excluding hydrogens is 344 g/mol. The van der Waals surface area contributed by atoms with Gasteiger partial charge in [0.15, 0.2) is 5.13 Å². The molecule has 0 aliphatic carbocycles. The van der Waals surface area contributed by atoms with E-state index in [1.165, 1.54) is 16.9 Å². The van der Waals surface area contributed by atoms with Crippen molar-refractivity contribution in [3.63, 3.8) is 0 Å². The third-order valence-corrected chi connectivity index (χ3v) is 4.78. The molecule has 0 bridgehead atoms. The molecule has 6 heteroatoms. The molecule has 0 atom stereocenters. The number of amides is 1. The molecule has 130 valence electrons. The number of nitrogens with one attached hydrogen (secondary N) is 1. The fourth-order valence-electron chi connectivity index (χ4n) is 2.46. The molecule has 0 spiro atoms. The van der Waals surface area contributed by atoms with Gasteiger partial charge in [-0.15, -0.1) is 11.3 Å². The molecule has 0 fully saturated rings. The molecule has 2 heterocycles. The molecule has 2 aromatic heterocycles. The number of nitriles is 1. The van der Waals surface area contributed by atoms with Crippen LogP contribution < -0.4 is 5.32 Å². The number of carbonyl (C=O) groups is 1. The predicted octanol–water partition coefficient (Wildman–Crippen LogP) is 4.26. The highest BCUT2D eigenvalue weighted by Crippen LogP contribution is 2.25. The van der Waals surface area contributed by atoms with Gasteiger partial charge in [0.2, 0.25) is 0 Å². The molecule has 0 radical (unpaired) electrons. The minimum atomic E-state index is -0.462. The highest BCUT2D eigenvalue weighted by atomic mass is 32.1. The van der Waals surface area contributed by atoms with Gasteiger partial charge in [0.05, 0.1) is 5.69 Å². The number of nitrogens with zero attached hydrogens (tertiary/aromatic N) is 3. The van der Waals surface area contributed by atoms with E-state index in [0.717, 1.165) is 23.4 Å². The first-order chi connectivity index (χ1) is 12.6. The molecule has 0 unspecified atom stereocenters. The summed E-state index contributed by atoms with van der Waals surface area (Å²) in [4.78, 5) is 16.8. The van der Waals surface area contributed by atoms with E-state index in [1.54, 1.807) is 6.08 Å². The van der Waals surface area contributed by atoms with Gasteiger partial charge in [0, 0.05) is 29.9 Å². The second kappa shape index (κ2) is 7.81. The zero-order chi connectivity index (χ0) is 18.5. The van der Waals surface area contributed by atoms with Gasteiger partial charge >= 0.3 is 0 Å². The van der Waals surface area contributed by atoms with Gasteiger partial charge in [-0.1, -0.05) is 31.2 Å². The van der Waals surface area contributed by atoms with Gasteiger partial charge in [-0.05, 0) is 30.2 Å². The van der Waals surface area contributed by atoms with Crippen molar-refractivity contribution in [2.75, 3.05) is 5.32 Å². The third-order valence-electron chi connectivity index (χ3n) is 4.02. The first kappa shape index (κ1) is 17.6. The number of anilines is 1. The topological polar surface area (TPSA) is 70.7 Å². The van der Waals surface area contributed by atoms with Crippen LogP contribution in [0.1, 0.15) is 18.2 Å². The Morgan fingerprint density at radius 3 is 2.73 bits per heavy atom. The van der Waals surface area contributed by atoms with E-state index < -0.39 is 5.91 Å². The van der Waals surface area contributed by atoms with Crippen molar-refractivity contribution < 1.29 is 4.79 Å². The van der Waals surface area contributed by atoms with Crippen molar-refractivity contribution in [1.82, 2.24) is 9.55 Å². The summed E-state index contributed by atoms with van der Waals surface area (Å²) in [6.45, 7) is 2.11. The fourth-order valence-corrected chi connectivity index (χ4v) is 3.17. The summed E-state index contributed by atoms with van der Waals surface area (Å²) < 4.78 is 1.84. The van der Waals surface area contributed by atoms with Crippen molar-refractivity contribution in [2.24, 2.45) is 7.05 Å². The molecular formula is C20H18N4OS. The lowest BCUT2D eigenvalue weighted by molar-refractivity contribution is -0.112. The number of aromatic nitrogens is 2. The number of thiazole rings is 1. The second-order valence-electron chi connectivity index (χ2n) is 5.76. The zero-order valence-corrected chi connectivity index (χ0v) is 15.4. The van der Waals surface area contributed by atoms with Crippen LogP contribution in [-0.4, -0.2) is 15.5 Å². The largest absolute Gasteiger partial charge is 0.351 e. The van der Waals surface area contributed by atoms with Crippen molar-refractivity contribution in [1.29, 1.82) is 5.26 Å². The molecule has 3 rings (SSSR count). The molecule has 0 saturated heterocycles. The molecule has 0 saturated carbocycles. The smallest absolute Gasteiger partial charge is 0.268 e. The van der Waals surface area contributed by atoms with E-state index in [9.17, 15) is 10.1 Å². The number of carbonyl (C=O) groups excluding carboxylic acids is 1. The zero-order valence-electron chi connectivity index (χ0n) is 14.6. The van der Waals surface area contributed by atoms with Crippen LogP contribution in [0.3, 0.4) is 0 Å². The van der Waals surface area contributed by atoms with Gasteiger partial charge in [0.1, 0.15) is 11.6 Å². The fraction of sp³-hybridized carbons (Fsp3) is 0.150. The van der Waals surface area contributed by atoms with E-state index >= 15 is 0 Å². The van der Waals surface area contributed by atoms with Gasteiger partial charge in [0.25, 0.3) is 5.91 Å². The monoisotopic (exact) mass is 362 g/mol. The van der Waals surface area contributed by atoms with Crippen LogP contribution in [0.25, 0.3) is 17.3 Å². The molecule has 0 aliphatic heterocycles. The van der Waals surface area contributed by atoms with Gasteiger partial charge in [-0.3, -0.25) is 10.1 Å². The van der Waals surface area contributed by atoms with E-state index in [-0.39, 0.29) is 5.57 Å². The van der Waals surface area contributed by atoms with Crippen LogP contribution >= 0.6 is 11.3 Å². The number of hydrogen-bond donors (Lipinski definition) is 1. The van der Waals surface area contributed by atoms with Crippen molar-refractivity contribution in [3.8, 4) is 17.3 Å². The molecule has 1 aromatic carbocycles. The number of hydrogen-bond acceptors (Lipinski definition) is 4. The SMILES string of the molecule is CCc1ccc(-c2csc(NC(=O)/C(C#N)=C/c3cccn3C)n2)cc1. The maximum atomic E-state index is 12.4. The average molecular weight is 362 g/mol. The normalized spacial score (nSPS) is 11.2. The van der Waals surface area contributed by atoms with Crippen molar-refractivity contribution in [3.05, 3.63) is 64.8 Å². The van der Waals surface area contributed by atoms with Crippen LogP contribution in [0.2, 0.25) is 0 Å². The van der Waals surface area contributed by atoms with Gasteiger partial charge in [-0.25, -0.2) is 4.98 Å². The molecule has 26 heavy (non-hydrogen) atoms. The van der Waals surface area contributed by atoms with Crippen LogP contribution in [-0.2, 0) is 18.3 Å². The lowest BCUT2D eigenvalue weighted by Crippen LogP contribution is -2.13.